The largest absolute Gasteiger partial charge is 0.508 e. The standard InChI is InChI=1S/C10H8O4/c11-7-3-1-6-2-4-8(10(12)13)14-9(6)5-7/h1,3-5,11H,2H2,(H,12,13). The summed E-state index contributed by atoms with van der Waals surface area (Å²) in [5, 5.41) is 17.8. The summed E-state index contributed by atoms with van der Waals surface area (Å²) in [6, 6.07) is 4.66. The maximum absolute atomic E-state index is 10.6. The molecule has 0 aliphatic carbocycles. The third-order valence-corrected chi connectivity index (χ3v) is 1.99. The lowest BCUT2D eigenvalue weighted by Gasteiger charge is -2.15. The van der Waals surface area contributed by atoms with Crippen LogP contribution in [0.1, 0.15) is 5.56 Å². The fourth-order valence-electron chi connectivity index (χ4n) is 1.30. The monoisotopic (exact) mass is 192 g/mol. The fourth-order valence-corrected chi connectivity index (χ4v) is 1.30. The van der Waals surface area contributed by atoms with Gasteiger partial charge in [-0.3, -0.25) is 0 Å². The Morgan fingerprint density at radius 1 is 1.43 bits per heavy atom. The number of phenolic OH excluding ortho intramolecular Hbond substituents is 1. The van der Waals surface area contributed by atoms with Gasteiger partial charge in [-0.1, -0.05) is 6.07 Å². The number of fused-ring (bicyclic) bond motifs is 1. The van der Waals surface area contributed by atoms with E-state index in [4.69, 9.17) is 14.9 Å². The molecule has 2 N–H and O–H groups in total. The molecule has 0 fully saturated rings. The Morgan fingerprint density at radius 2 is 2.21 bits per heavy atom. The SMILES string of the molecule is O=C(O)C1=CCc2ccc(O)cc2O1. The van der Waals surface area contributed by atoms with E-state index in [2.05, 4.69) is 0 Å². The minimum Gasteiger partial charge on any atom is -0.508 e. The predicted octanol–water partition coefficient (Wildman–Crippen LogP) is 1.30. The van der Waals surface area contributed by atoms with Crippen molar-refractivity contribution in [3.05, 3.63) is 35.6 Å². The molecule has 2 rings (SSSR count). The second-order valence-electron chi connectivity index (χ2n) is 2.97. The Balaban J connectivity index is 2.35. The molecule has 0 amide bonds. The van der Waals surface area contributed by atoms with E-state index in [1.54, 1.807) is 12.1 Å². The van der Waals surface area contributed by atoms with Crippen molar-refractivity contribution in [3.8, 4) is 11.5 Å². The van der Waals surface area contributed by atoms with Gasteiger partial charge in [0.1, 0.15) is 11.5 Å². The molecule has 0 atom stereocenters. The van der Waals surface area contributed by atoms with Crippen molar-refractivity contribution < 1.29 is 19.7 Å². The van der Waals surface area contributed by atoms with Crippen molar-refractivity contribution in [2.24, 2.45) is 0 Å². The first-order valence-corrected chi connectivity index (χ1v) is 4.10. The normalized spacial score (nSPS) is 13.9. The predicted molar refractivity (Wildman–Crippen MR) is 48.2 cm³/mol. The van der Waals surface area contributed by atoms with Gasteiger partial charge in [-0.2, -0.15) is 0 Å². The van der Waals surface area contributed by atoms with E-state index >= 15 is 0 Å². The van der Waals surface area contributed by atoms with Crippen LogP contribution in [-0.4, -0.2) is 16.2 Å². The summed E-state index contributed by atoms with van der Waals surface area (Å²) < 4.78 is 5.08. The number of rotatable bonds is 1. The van der Waals surface area contributed by atoms with Crippen molar-refractivity contribution in [1.82, 2.24) is 0 Å². The van der Waals surface area contributed by atoms with Crippen molar-refractivity contribution in [3.63, 3.8) is 0 Å². The van der Waals surface area contributed by atoms with Crippen LogP contribution >= 0.6 is 0 Å². The van der Waals surface area contributed by atoms with Crippen LogP contribution in [0.2, 0.25) is 0 Å². The average Bonchev–Trinajstić information content (AvgIpc) is 2.16. The average molecular weight is 192 g/mol. The quantitative estimate of drug-likeness (QED) is 0.703. The summed E-state index contributed by atoms with van der Waals surface area (Å²) in [6.07, 6.45) is 2.01. The molecule has 0 saturated heterocycles. The molecule has 1 aromatic rings. The zero-order chi connectivity index (χ0) is 10.1. The van der Waals surface area contributed by atoms with Gasteiger partial charge in [-0.05, 0) is 24.1 Å². The number of carbonyl (C=O) groups is 1. The van der Waals surface area contributed by atoms with E-state index in [9.17, 15) is 4.79 Å². The van der Waals surface area contributed by atoms with E-state index in [0.717, 1.165) is 5.56 Å². The molecule has 1 aromatic carbocycles. The van der Waals surface area contributed by atoms with Crippen LogP contribution in [0.15, 0.2) is 30.0 Å². The van der Waals surface area contributed by atoms with Crippen molar-refractivity contribution in [2.75, 3.05) is 0 Å². The molecule has 0 saturated carbocycles. The van der Waals surface area contributed by atoms with Gasteiger partial charge in [0.15, 0.2) is 0 Å². The second kappa shape index (κ2) is 3.06. The summed E-state index contributed by atoms with van der Waals surface area (Å²) in [5.74, 6) is -0.720. The van der Waals surface area contributed by atoms with Crippen molar-refractivity contribution in [1.29, 1.82) is 0 Å². The highest BCUT2D eigenvalue weighted by atomic mass is 16.5. The number of hydrogen-bond acceptors (Lipinski definition) is 3. The molecule has 1 heterocycles. The highest BCUT2D eigenvalue weighted by molar-refractivity contribution is 5.85. The lowest BCUT2D eigenvalue weighted by Crippen LogP contribution is -2.12. The zero-order valence-electron chi connectivity index (χ0n) is 7.23. The number of aliphatic carboxylic acids is 1. The highest BCUT2D eigenvalue weighted by Crippen LogP contribution is 2.29. The third kappa shape index (κ3) is 1.42. The molecule has 0 aromatic heterocycles. The molecular weight excluding hydrogens is 184 g/mol. The molecule has 4 heteroatoms. The Kier molecular flexibility index (Phi) is 1.89. The molecule has 14 heavy (non-hydrogen) atoms. The first-order chi connectivity index (χ1) is 6.66. The first-order valence-electron chi connectivity index (χ1n) is 4.10. The second-order valence-corrected chi connectivity index (χ2v) is 2.97. The van der Waals surface area contributed by atoms with E-state index < -0.39 is 5.97 Å². The molecule has 0 spiro atoms. The molecule has 0 radical (unpaired) electrons. The molecule has 72 valence electrons. The Labute approximate surface area is 80.1 Å². The number of ether oxygens (including phenoxy) is 1. The molecule has 0 bridgehead atoms. The van der Waals surface area contributed by atoms with Gasteiger partial charge in [0.2, 0.25) is 5.76 Å². The molecule has 1 aliphatic heterocycles. The van der Waals surface area contributed by atoms with Crippen LogP contribution in [-0.2, 0) is 11.2 Å². The van der Waals surface area contributed by atoms with Gasteiger partial charge < -0.3 is 14.9 Å². The van der Waals surface area contributed by atoms with E-state index in [1.165, 1.54) is 12.1 Å². The Bertz CT molecular complexity index is 420. The number of allylic oxidation sites excluding steroid dienone is 1. The lowest BCUT2D eigenvalue weighted by atomic mass is 10.1. The zero-order valence-corrected chi connectivity index (χ0v) is 7.23. The minimum atomic E-state index is -1.10. The smallest absolute Gasteiger partial charge is 0.371 e. The fraction of sp³-hybridized carbons (Fsp3) is 0.100. The van der Waals surface area contributed by atoms with Gasteiger partial charge in [0, 0.05) is 6.07 Å². The topological polar surface area (TPSA) is 66.8 Å². The molecule has 4 nitrogen and oxygen atoms in total. The minimum absolute atomic E-state index is 0.0652. The number of aromatic hydroxyl groups is 1. The van der Waals surface area contributed by atoms with E-state index in [-0.39, 0.29) is 11.5 Å². The summed E-state index contributed by atoms with van der Waals surface area (Å²) >= 11 is 0. The summed E-state index contributed by atoms with van der Waals surface area (Å²) in [6.45, 7) is 0. The van der Waals surface area contributed by atoms with Crippen LogP contribution in [0.3, 0.4) is 0 Å². The van der Waals surface area contributed by atoms with Crippen molar-refractivity contribution >= 4 is 5.97 Å². The van der Waals surface area contributed by atoms with Gasteiger partial charge in [-0.15, -0.1) is 0 Å². The Morgan fingerprint density at radius 3 is 2.93 bits per heavy atom. The van der Waals surface area contributed by atoms with Crippen molar-refractivity contribution in [2.45, 2.75) is 6.42 Å². The van der Waals surface area contributed by atoms with Crippen LogP contribution < -0.4 is 4.74 Å². The maximum atomic E-state index is 10.6. The van der Waals surface area contributed by atoms with Crippen LogP contribution in [0.25, 0.3) is 0 Å². The summed E-state index contributed by atoms with van der Waals surface area (Å²) in [4.78, 5) is 10.6. The van der Waals surface area contributed by atoms with Gasteiger partial charge >= 0.3 is 5.97 Å². The van der Waals surface area contributed by atoms with E-state index in [0.29, 0.717) is 12.2 Å². The highest BCUT2D eigenvalue weighted by Gasteiger charge is 2.17. The number of hydrogen-bond donors (Lipinski definition) is 2. The van der Waals surface area contributed by atoms with Crippen LogP contribution in [0, 0.1) is 0 Å². The number of carboxylic acids is 1. The number of carboxylic acid groups (broad SMARTS) is 1. The maximum Gasteiger partial charge on any atom is 0.371 e. The van der Waals surface area contributed by atoms with Crippen LogP contribution in [0.5, 0.6) is 11.5 Å². The first kappa shape index (κ1) is 8.62. The van der Waals surface area contributed by atoms with E-state index in [1.807, 2.05) is 0 Å². The van der Waals surface area contributed by atoms with Gasteiger partial charge in [0.25, 0.3) is 0 Å². The molecule has 1 aliphatic rings. The van der Waals surface area contributed by atoms with Gasteiger partial charge in [0.05, 0.1) is 0 Å². The Hall–Kier alpha value is -1.97. The molecular formula is C10H8O4. The molecule has 0 unspecified atom stereocenters. The van der Waals surface area contributed by atoms with Crippen LogP contribution in [0.4, 0.5) is 0 Å². The number of phenols is 1. The summed E-state index contributed by atoms with van der Waals surface area (Å²) in [7, 11) is 0. The third-order valence-electron chi connectivity index (χ3n) is 1.99. The summed E-state index contributed by atoms with van der Waals surface area (Å²) in [5.41, 5.74) is 0.868. The van der Waals surface area contributed by atoms with Gasteiger partial charge in [-0.25, -0.2) is 4.79 Å². The lowest BCUT2D eigenvalue weighted by molar-refractivity contribution is -0.135. The number of benzene rings is 1.